The van der Waals surface area contributed by atoms with Crippen molar-refractivity contribution in [3.05, 3.63) is 12.3 Å². The second kappa shape index (κ2) is 4.83. The highest BCUT2D eigenvalue weighted by molar-refractivity contribution is 5.02. The Morgan fingerprint density at radius 3 is 2.29 bits per heavy atom. The zero-order chi connectivity index (χ0) is 10.7. The van der Waals surface area contributed by atoms with Crippen molar-refractivity contribution in [2.24, 2.45) is 5.92 Å². The van der Waals surface area contributed by atoms with Gasteiger partial charge in [-0.1, -0.05) is 20.4 Å². The summed E-state index contributed by atoms with van der Waals surface area (Å²) in [7, 11) is 0. The molecule has 2 unspecified atom stereocenters. The van der Waals surface area contributed by atoms with E-state index in [4.69, 9.17) is 4.74 Å². The number of allylic oxidation sites excluding steroid dienone is 1. The normalized spacial score (nSPS) is 26.4. The second-order valence-corrected chi connectivity index (χ2v) is 4.73. The Morgan fingerprint density at radius 2 is 1.93 bits per heavy atom. The van der Waals surface area contributed by atoms with Gasteiger partial charge in [-0.25, -0.2) is 0 Å². The van der Waals surface area contributed by atoms with Crippen LogP contribution >= 0.6 is 0 Å². The maximum absolute atomic E-state index is 5.78. The summed E-state index contributed by atoms with van der Waals surface area (Å²) >= 11 is 0. The van der Waals surface area contributed by atoms with Crippen LogP contribution in [-0.4, -0.2) is 18.2 Å². The maximum atomic E-state index is 5.78. The van der Waals surface area contributed by atoms with Gasteiger partial charge in [0.05, 0.1) is 18.2 Å². The molecule has 0 aromatic carbocycles. The van der Waals surface area contributed by atoms with Crippen LogP contribution in [0.1, 0.15) is 40.5 Å². The third-order valence-electron chi connectivity index (χ3n) is 2.73. The third kappa shape index (κ3) is 3.02. The summed E-state index contributed by atoms with van der Waals surface area (Å²) in [5.74, 6) is 0.510. The van der Waals surface area contributed by atoms with Crippen LogP contribution in [0.4, 0.5) is 0 Å². The molecular formula is C12H23NO. The molecule has 2 atom stereocenters. The molecule has 0 aromatic rings. The van der Waals surface area contributed by atoms with E-state index in [1.807, 2.05) is 0 Å². The van der Waals surface area contributed by atoms with Gasteiger partial charge in [0, 0.05) is 5.70 Å². The van der Waals surface area contributed by atoms with Crippen LogP contribution in [0.25, 0.3) is 0 Å². The maximum Gasteiger partial charge on any atom is 0.0780 e. The number of hydrogen-bond donors (Lipinski definition) is 1. The average molecular weight is 197 g/mol. The first-order valence-corrected chi connectivity index (χ1v) is 5.61. The quantitative estimate of drug-likeness (QED) is 0.731. The van der Waals surface area contributed by atoms with Crippen molar-refractivity contribution in [2.45, 2.75) is 58.8 Å². The molecule has 1 fully saturated rings. The predicted octanol–water partition coefficient (Wildman–Crippen LogP) is 2.70. The highest BCUT2D eigenvalue weighted by atomic mass is 16.5. The minimum absolute atomic E-state index is 0.330. The molecule has 0 bridgehead atoms. The van der Waals surface area contributed by atoms with E-state index in [9.17, 15) is 0 Å². The van der Waals surface area contributed by atoms with Crippen LogP contribution in [0.15, 0.2) is 12.3 Å². The summed E-state index contributed by atoms with van der Waals surface area (Å²) in [4.78, 5) is 0. The molecule has 0 saturated heterocycles. The molecule has 0 amide bonds. The number of rotatable bonds is 5. The van der Waals surface area contributed by atoms with Crippen molar-refractivity contribution >= 4 is 0 Å². The van der Waals surface area contributed by atoms with Gasteiger partial charge in [0.15, 0.2) is 0 Å². The van der Waals surface area contributed by atoms with Crippen LogP contribution < -0.4 is 5.32 Å². The SMILES string of the molecule is C=C(NC1CCC1OC(C)C)C(C)C. The fourth-order valence-electron chi connectivity index (χ4n) is 1.55. The van der Waals surface area contributed by atoms with Gasteiger partial charge in [0.25, 0.3) is 0 Å². The molecule has 1 aliphatic carbocycles. The zero-order valence-electron chi connectivity index (χ0n) is 9.84. The molecule has 0 aromatic heterocycles. The summed E-state index contributed by atoms with van der Waals surface area (Å²) in [6, 6.07) is 0.493. The first kappa shape index (κ1) is 11.6. The van der Waals surface area contributed by atoms with E-state index in [1.54, 1.807) is 0 Å². The molecule has 0 spiro atoms. The standard InChI is InChI=1S/C12H23NO/c1-8(2)10(5)13-11-6-7-12(11)14-9(3)4/h8-9,11-13H,5-7H2,1-4H3. The van der Waals surface area contributed by atoms with Crippen LogP contribution in [0.2, 0.25) is 0 Å². The van der Waals surface area contributed by atoms with Gasteiger partial charge in [-0.15, -0.1) is 0 Å². The molecule has 1 N–H and O–H groups in total. The zero-order valence-corrected chi connectivity index (χ0v) is 9.84. The highest BCUT2D eigenvalue weighted by Gasteiger charge is 2.32. The van der Waals surface area contributed by atoms with Crippen LogP contribution in [0, 0.1) is 5.92 Å². The molecule has 0 aliphatic heterocycles. The van der Waals surface area contributed by atoms with E-state index in [1.165, 1.54) is 12.8 Å². The Labute approximate surface area is 87.7 Å². The monoisotopic (exact) mass is 197 g/mol. The first-order valence-electron chi connectivity index (χ1n) is 5.61. The Hall–Kier alpha value is -0.500. The van der Waals surface area contributed by atoms with Gasteiger partial charge in [-0.05, 0) is 32.6 Å². The molecular weight excluding hydrogens is 174 g/mol. The average Bonchev–Trinajstić information content (AvgIpc) is 2.07. The summed E-state index contributed by atoms with van der Waals surface area (Å²) in [5.41, 5.74) is 1.13. The molecule has 2 heteroatoms. The van der Waals surface area contributed by atoms with Gasteiger partial charge in [0.1, 0.15) is 0 Å². The van der Waals surface area contributed by atoms with Crippen LogP contribution in [0.3, 0.4) is 0 Å². The van der Waals surface area contributed by atoms with Crippen molar-refractivity contribution in [1.29, 1.82) is 0 Å². The summed E-state index contributed by atoms with van der Waals surface area (Å²) in [6.07, 6.45) is 3.12. The predicted molar refractivity (Wildman–Crippen MR) is 60.1 cm³/mol. The van der Waals surface area contributed by atoms with Crippen molar-refractivity contribution in [1.82, 2.24) is 5.32 Å². The highest BCUT2D eigenvalue weighted by Crippen LogP contribution is 2.26. The third-order valence-corrected chi connectivity index (χ3v) is 2.73. The lowest BCUT2D eigenvalue weighted by molar-refractivity contribution is -0.0563. The molecule has 2 nitrogen and oxygen atoms in total. The van der Waals surface area contributed by atoms with E-state index >= 15 is 0 Å². The Balaban J connectivity index is 2.29. The fraction of sp³-hybridized carbons (Fsp3) is 0.833. The first-order chi connectivity index (χ1) is 6.50. The van der Waals surface area contributed by atoms with Crippen LogP contribution in [-0.2, 0) is 4.74 Å². The summed E-state index contributed by atoms with van der Waals surface area (Å²) in [5, 5.41) is 3.45. The van der Waals surface area contributed by atoms with Gasteiger partial charge >= 0.3 is 0 Å². The lowest BCUT2D eigenvalue weighted by Gasteiger charge is -2.39. The molecule has 0 heterocycles. The van der Waals surface area contributed by atoms with Gasteiger partial charge in [0.2, 0.25) is 0 Å². The Morgan fingerprint density at radius 1 is 1.29 bits per heavy atom. The van der Waals surface area contributed by atoms with E-state index < -0.39 is 0 Å². The second-order valence-electron chi connectivity index (χ2n) is 4.73. The van der Waals surface area contributed by atoms with Crippen LogP contribution in [0.5, 0.6) is 0 Å². The molecule has 1 rings (SSSR count). The lowest BCUT2D eigenvalue weighted by atomic mass is 9.88. The minimum atomic E-state index is 0.330. The molecule has 1 saturated carbocycles. The van der Waals surface area contributed by atoms with Gasteiger partial charge in [-0.3, -0.25) is 0 Å². The van der Waals surface area contributed by atoms with Gasteiger partial charge < -0.3 is 10.1 Å². The van der Waals surface area contributed by atoms with Gasteiger partial charge in [-0.2, -0.15) is 0 Å². The number of ether oxygens (including phenoxy) is 1. The van der Waals surface area contributed by atoms with E-state index in [0.29, 0.717) is 24.2 Å². The summed E-state index contributed by atoms with van der Waals surface area (Å²) < 4.78 is 5.78. The molecule has 0 radical (unpaired) electrons. The summed E-state index contributed by atoms with van der Waals surface area (Å²) in [6.45, 7) is 12.5. The molecule has 1 aliphatic rings. The van der Waals surface area contributed by atoms with Crippen molar-refractivity contribution < 1.29 is 4.74 Å². The van der Waals surface area contributed by atoms with Crippen molar-refractivity contribution in [3.8, 4) is 0 Å². The Bertz CT molecular complexity index is 198. The number of hydrogen-bond acceptors (Lipinski definition) is 2. The van der Waals surface area contributed by atoms with E-state index in [2.05, 4.69) is 39.6 Å². The lowest BCUT2D eigenvalue weighted by Crippen LogP contribution is -2.50. The van der Waals surface area contributed by atoms with E-state index in [-0.39, 0.29) is 0 Å². The largest absolute Gasteiger partial charge is 0.383 e. The Kier molecular flexibility index (Phi) is 3.99. The van der Waals surface area contributed by atoms with Crippen molar-refractivity contribution in [2.75, 3.05) is 0 Å². The number of nitrogens with one attached hydrogen (secondary N) is 1. The van der Waals surface area contributed by atoms with Crippen molar-refractivity contribution in [3.63, 3.8) is 0 Å². The molecule has 14 heavy (non-hydrogen) atoms. The fourth-order valence-corrected chi connectivity index (χ4v) is 1.55. The minimum Gasteiger partial charge on any atom is -0.383 e. The van der Waals surface area contributed by atoms with E-state index in [0.717, 1.165) is 5.70 Å². The smallest absolute Gasteiger partial charge is 0.0780 e. The molecule has 82 valence electrons. The topological polar surface area (TPSA) is 21.3 Å².